The highest BCUT2D eigenvalue weighted by atomic mass is 16.5. The molecule has 4 nitrogen and oxygen atoms in total. The summed E-state index contributed by atoms with van der Waals surface area (Å²) in [5.41, 5.74) is 7.99. The van der Waals surface area contributed by atoms with Gasteiger partial charge < -0.3 is 19.9 Å². The van der Waals surface area contributed by atoms with Gasteiger partial charge in [-0.25, -0.2) is 0 Å². The minimum atomic E-state index is 0.140. The van der Waals surface area contributed by atoms with Crippen LogP contribution in [0.25, 0.3) is 0 Å². The van der Waals surface area contributed by atoms with Crippen molar-refractivity contribution in [3.63, 3.8) is 0 Å². The number of benzene rings is 1. The normalized spacial score (nSPS) is 12.3. The van der Waals surface area contributed by atoms with Crippen LogP contribution in [0, 0.1) is 6.92 Å². The summed E-state index contributed by atoms with van der Waals surface area (Å²) in [7, 11) is 4.97. The maximum atomic E-state index is 5.79. The summed E-state index contributed by atoms with van der Waals surface area (Å²) >= 11 is 0. The quantitative estimate of drug-likeness (QED) is 0.821. The van der Waals surface area contributed by atoms with Gasteiger partial charge in [0, 0.05) is 31.2 Å². The van der Waals surface area contributed by atoms with Crippen molar-refractivity contribution in [2.24, 2.45) is 5.73 Å². The van der Waals surface area contributed by atoms with Crippen molar-refractivity contribution in [2.45, 2.75) is 12.8 Å². The van der Waals surface area contributed by atoms with E-state index in [0.29, 0.717) is 13.2 Å². The van der Waals surface area contributed by atoms with E-state index < -0.39 is 0 Å². The summed E-state index contributed by atoms with van der Waals surface area (Å²) in [6, 6.07) is 3.86. The molecule has 0 aliphatic heterocycles. The molecule has 4 heteroatoms. The summed E-state index contributed by atoms with van der Waals surface area (Å²) in [4.78, 5) is 0. The van der Waals surface area contributed by atoms with E-state index in [-0.39, 0.29) is 5.92 Å². The second-order valence-electron chi connectivity index (χ2n) is 3.95. The van der Waals surface area contributed by atoms with E-state index in [1.807, 2.05) is 19.1 Å². The van der Waals surface area contributed by atoms with Crippen molar-refractivity contribution in [1.82, 2.24) is 0 Å². The number of hydrogen-bond donors (Lipinski definition) is 1. The van der Waals surface area contributed by atoms with Crippen molar-refractivity contribution in [1.29, 1.82) is 0 Å². The van der Waals surface area contributed by atoms with E-state index in [1.54, 1.807) is 21.3 Å². The summed E-state index contributed by atoms with van der Waals surface area (Å²) < 4.78 is 15.8. The minimum absolute atomic E-state index is 0.140. The highest BCUT2D eigenvalue weighted by Gasteiger charge is 2.18. The molecule has 0 aliphatic carbocycles. The van der Waals surface area contributed by atoms with Gasteiger partial charge in [0.15, 0.2) is 0 Å². The number of hydrogen-bond acceptors (Lipinski definition) is 4. The zero-order chi connectivity index (χ0) is 12.8. The SMILES string of the molecule is COCC(CN)c1c(C)cc(OC)cc1OC. The van der Waals surface area contributed by atoms with Crippen LogP contribution >= 0.6 is 0 Å². The number of rotatable bonds is 6. The molecule has 1 unspecified atom stereocenters. The van der Waals surface area contributed by atoms with Gasteiger partial charge in [0.25, 0.3) is 0 Å². The van der Waals surface area contributed by atoms with Crippen LogP contribution in [0.1, 0.15) is 17.0 Å². The Morgan fingerprint density at radius 1 is 1.18 bits per heavy atom. The van der Waals surface area contributed by atoms with E-state index in [0.717, 1.165) is 22.6 Å². The Balaban J connectivity index is 3.20. The highest BCUT2D eigenvalue weighted by Crippen LogP contribution is 2.33. The van der Waals surface area contributed by atoms with E-state index in [4.69, 9.17) is 19.9 Å². The number of nitrogens with two attached hydrogens (primary N) is 1. The second kappa shape index (κ2) is 6.47. The van der Waals surface area contributed by atoms with Crippen molar-refractivity contribution in [3.8, 4) is 11.5 Å². The molecular formula is C13H21NO3. The van der Waals surface area contributed by atoms with Gasteiger partial charge in [0.05, 0.1) is 20.8 Å². The highest BCUT2D eigenvalue weighted by molar-refractivity contribution is 5.48. The maximum absolute atomic E-state index is 5.79. The minimum Gasteiger partial charge on any atom is -0.497 e. The first kappa shape index (κ1) is 13.8. The average Bonchev–Trinajstić information content (AvgIpc) is 2.35. The van der Waals surface area contributed by atoms with E-state index >= 15 is 0 Å². The predicted molar refractivity (Wildman–Crippen MR) is 68.0 cm³/mol. The fraction of sp³-hybridized carbons (Fsp3) is 0.538. The van der Waals surface area contributed by atoms with Crippen molar-refractivity contribution in [2.75, 3.05) is 34.5 Å². The molecule has 0 saturated heterocycles. The number of aryl methyl sites for hydroxylation is 1. The Bertz CT molecular complexity index is 366. The number of ether oxygens (including phenoxy) is 3. The maximum Gasteiger partial charge on any atom is 0.126 e. The molecule has 0 heterocycles. The standard InChI is InChI=1S/C13H21NO3/c1-9-5-11(16-3)6-12(17-4)13(9)10(7-14)8-15-2/h5-6,10H,7-8,14H2,1-4H3. The smallest absolute Gasteiger partial charge is 0.126 e. The Morgan fingerprint density at radius 3 is 2.35 bits per heavy atom. The molecule has 0 bridgehead atoms. The number of methoxy groups -OCH3 is 3. The molecule has 2 N–H and O–H groups in total. The van der Waals surface area contributed by atoms with E-state index in [2.05, 4.69) is 0 Å². The van der Waals surface area contributed by atoms with Crippen LogP contribution in [-0.4, -0.2) is 34.5 Å². The average molecular weight is 239 g/mol. The molecule has 1 atom stereocenters. The lowest BCUT2D eigenvalue weighted by Gasteiger charge is -2.20. The van der Waals surface area contributed by atoms with Crippen LogP contribution in [-0.2, 0) is 4.74 Å². The summed E-state index contributed by atoms with van der Waals surface area (Å²) in [5, 5.41) is 0. The van der Waals surface area contributed by atoms with Crippen LogP contribution < -0.4 is 15.2 Å². The molecule has 0 aromatic heterocycles. The molecule has 0 spiro atoms. The van der Waals surface area contributed by atoms with Crippen molar-refractivity contribution >= 4 is 0 Å². The van der Waals surface area contributed by atoms with Gasteiger partial charge in [0.2, 0.25) is 0 Å². The topological polar surface area (TPSA) is 53.7 Å². The van der Waals surface area contributed by atoms with Crippen LogP contribution in [0.3, 0.4) is 0 Å². The third kappa shape index (κ3) is 3.11. The third-order valence-corrected chi connectivity index (χ3v) is 2.84. The van der Waals surface area contributed by atoms with Crippen LogP contribution in [0.4, 0.5) is 0 Å². The van der Waals surface area contributed by atoms with Crippen LogP contribution in [0.2, 0.25) is 0 Å². The lowest BCUT2D eigenvalue weighted by molar-refractivity contribution is 0.179. The Hall–Kier alpha value is -1.26. The molecule has 1 aromatic rings. The Kier molecular flexibility index (Phi) is 5.25. The Labute approximate surface area is 103 Å². The van der Waals surface area contributed by atoms with Gasteiger partial charge in [-0.3, -0.25) is 0 Å². The summed E-state index contributed by atoms with van der Waals surface area (Å²) in [6.07, 6.45) is 0. The molecule has 0 aliphatic rings. The predicted octanol–water partition coefficient (Wildman–Crippen LogP) is 1.70. The molecular weight excluding hydrogens is 218 g/mol. The van der Waals surface area contributed by atoms with Gasteiger partial charge >= 0.3 is 0 Å². The second-order valence-corrected chi connectivity index (χ2v) is 3.95. The molecule has 0 radical (unpaired) electrons. The van der Waals surface area contributed by atoms with E-state index in [1.165, 1.54) is 0 Å². The fourth-order valence-corrected chi connectivity index (χ4v) is 2.01. The monoisotopic (exact) mass is 239 g/mol. The first-order valence-electron chi connectivity index (χ1n) is 5.59. The van der Waals surface area contributed by atoms with Gasteiger partial charge in [0.1, 0.15) is 11.5 Å². The third-order valence-electron chi connectivity index (χ3n) is 2.84. The van der Waals surface area contributed by atoms with Gasteiger partial charge in [-0.1, -0.05) is 0 Å². The summed E-state index contributed by atoms with van der Waals surface area (Å²) in [5.74, 6) is 1.73. The van der Waals surface area contributed by atoms with Gasteiger partial charge in [-0.2, -0.15) is 0 Å². The lowest BCUT2D eigenvalue weighted by atomic mass is 9.94. The lowest BCUT2D eigenvalue weighted by Crippen LogP contribution is -2.19. The largest absolute Gasteiger partial charge is 0.497 e. The van der Waals surface area contributed by atoms with Crippen molar-refractivity contribution in [3.05, 3.63) is 23.3 Å². The molecule has 0 fully saturated rings. The van der Waals surface area contributed by atoms with Gasteiger partial charge in [-0.15, -0.1) is 0 Å². The molecule has 96 valence electrons. The molecule has 1 rings (SSSR count). The fourth-order valence-electron chi connectivity index (χ4n) is 2.01. The van der Waals surface area contributed by atoms with E-state index in [9.17, 15) is 0 Å². The zero-order valence-corrected chi connectivity index (χ0v) is 10.9. The molecule has 17 heavy (non-hydrogen) atoms. The Morgan fingerprint density at radius 2 is 1.88 bits per heavy atom. The van der Waals surface area contributed by atoms with Crippen molar-refractivity contribution < 1.29 is 14.2 Å². The van der Waals surface area contributed by atoms with Crippen LogP contribution in [0.5, 0.6) is 11.5 Å². The van der Waals surface area contributed by atoms with Gasteiger partial charge in [-0.05, 0) is 18.6 Å². The molecule has 1 aromatic carbocycles. The summed E-state index contributed by atoms with van der Waals surface area (Å²) in [6.45, 7) is 3.14. The molecule has 0 amide bonds. The molecule has 0 saturated carbocycles. The first-order chi connectivity index (χ1) is 8.17. The zero-order valence-electron chi connectivity index (χ0n) is 10.9. The van der Waals surface area contributed by atoms with Crippen LogP contribution in [0.15, 0.2) is 12.1 Å². The first-order valence-corrected chi connectivity index (χ1v) is 5.59.